The second-order valence-corrected chi connectivity index (χ2v) is 5.65. The summed E-state index contributed by atoms with van der Waals surface area (Å²) in [6.45, 7) is 4.49. The summed E-state index contributed by atoms with van der Waals surface area (Å²) >= 11 is 0. The van der Waals surface area contributed by atoms with Gasteiger partial charge in [0.1, 0.15) is 6.33 Å². The second kappa shape index (κ2) is 4.43. The number of likely N-dealkylation sites (N-methyl/N-ethyl adjacent to an activating group) is 1. The monoisotopic (exact) mass is 233 g/mol. The van der Waals surface area contributed by atoms with Crippen molar-refractivity contribution >= 4 is 5.91 Å². The number of aromatic nitrogens is 2. The van der Waals surface area contributed by atoms with E-state index in [2.05, 4.69) is 23.8 Å². The van der Waals surface area contributed by atoms with E-state index in [1.54, 1.807) is 12.4 Å². The van der Waals surface area contributed by atoms with E-state index < -0.39 is 0 Å². The van der Waals surface area contributed by atoms with Crippen LogP contribution in [-0.4, -0.2) is 33.9 Å². The number of hydrogen-bond donors (Lipinski definition) is 0. The zero-order valence-electron chi connectivity index (χ0n) is 10.7. The fourth-order valence-corrected chi connectivity index (χ4v) is 2.41. The maximum Gasteiger partial charge on any atom is 0.227 e. The molecule has 0 spiro atoms. The Morgan fingerprint density at radius 2 is 2.00 bits per heavy atom. The molecule has 1 saturated carbocycles. The molecule has 0 aromatic carbocycles. The number of carbonyl (C=O) groups is 1. The standard InChI is InChI=1S/C13H19N3O/c1-13(2)5-11(6-13)16(3)12(17)4-10-7-14-9-15-8-10/h7-9,11H,4-6H2,1-3H3. The van der Waals surface area contributed by atoms with Crippen molar-refractivity contribution in [1.29, 1.82) is 0 Å². The molecule has 92 valence electrons. The van der Waals surface area contributed by atoms with Gasteiger partial charge in [0, 0.05) is 25.5 Å². The van der Waals surface area contributed by atoms with Crippen molar-refractivity contribution in [3.05, 3.63) is 24.3 Å². The first-order chi connectivity index (χ1) is 7.98. The van der Waals surface area contributed by atoms with Gasteiger partial charge in [-0.25, -0.2) is 9.97 Å². The molecule has 1 aliphatic rings. The van der Waals surface area contributed by atoms with Crippen LogP contribution in [0.25, 0.3) is 0 Å². The van der Waals surface area contributed by atoms with Crippen molar-refractivity contribution in [3.63, 3.8) is 0 Å². The van der Waals surface area contributed by atoms with E-state index in [1.807, 2.05) is 11.9 Å². The zero-order valence-corrected chi connectivity index (χ0v) is 10.7. The summed E-state index contributed by atoms with van der Waals surface area (Å²) in [6, 6.07) is 0.405. The molecule has 1 aromatic rings. The topological polar surface area (TPSA) is 46.1 Å². The van der Waals surface area contributed by atoms with Crippen molar-refractivity contribution in [1.82, 2.24) is 14.9 Å². The first kappa shape index (κ1) is 12.0. The minimum atomic E-state index is 0.153. The quantitative estimate of drug-likeness (QED) is 0.797. The molecule has 0 unspecified atom stereocenters. The van der Waals surface area contributed by atoms with Crippen molar-refractivity contribution in [2.75, 3.05) is 7.05 Å². The normalized spacial score (nSPS) is 18.5. The Hall–Kier alpha value is -1.45. The van der Waals surface area contributed by atoms with Crippen molar-refractivity contribution in [2.45, 2.75) is 39.2 Å². The van der Waals surface area contributed by atoms with Crippen LogP contribution in [0.4, 0.5) is 0 Å². The minimum Gasteiger partial charge on any atom is -0.342 e. The van der Waals surface area contributed by atoms with E-state index in [0.29, 0.717) is 17.9 Å². The fraction of sp³-hybridized carbons (Fsp3) is 0.615. The van der Waals surface area contributed by atoms with Gasteiger partial charge in [0.2, 0.25) is 5.91 Å². The molecule has 1 heterocycles. The Bertz CT molecular complexity index is 394. The van der Waals surface area contributed by atoms with Crippen LogP contribution in [0.3, 0.4) is 0 Å². The number of carbonyl (C=O) groups excluding carboxylic acids is 1. The third-order valence-corrected chi connectivity index (χ3v) is 3.49. The maximum absolute atomic E-state index is 12.0. The Kier molecular flexibility index (Phi) is 3.13. The van der Waals surface area contributed by atoms with E-state index in [-0.39, 0.29) is 5.91 Å². The van der Waals surface area contributed by atoms with Crippen LogP contribution in [-0.2, 0) is 11.2 Å². The van der Waals surface area contributed by atoms with Gasteiger partial charge in [0.05, 0.1) is 6.42 Å². The summed E-state index contributed by atoms with van der Waals surface area (Å²) in [4.78, 5) is 21.7. The van der Waals surface area contributed by atoms with Gasteiger partial charge in [0.15, 0.2) is 0 Å². The van der Waals surface area contributed by atoms with E-state index >= 15 is 0 Å². The SMILES string of the molecule is CN(C(=O)Cc1cncnc1)C1CC(C)(C)C1. The van der Waals surface area contributed by atoms with Gasteiger partial charge >= 0.3 is 0 Å². The molecule has 0 saturated heterocycles. The molecule has 4 heteroatoms. The van der Waals surface area contributed by atoms with Gasteiger partial charge in [-0.15, -0.1) is 0 Å². The minimum absolute atomic E-state index is 0.153. The molecule has 17 heavy (non-hydrogen) atoms. The molecule has 1 aromatic heterocycles. The summed E-state index contributed by atoms with van der Waals surface area (Å²) in [5.41, 5.74) is 1.28. The summed E-state index contributed by atoms with van der Waals surface area (Å²) in [5.74, 6) is 0.153. The molecule has 1 aliphatic carbocycles. The first-order valence-electron chi connectivity index (χ1n) is 5.97. The molecule has 0 N–H and O–H groups in total. The van der Waals surface area contributed by atoms with Crippen LogP contribution < -0.4 is 0 Å². The Balaban J connectivity index is 1.89. The van der Waals surface area contributed by atoms with Gasteiger partial charge in [-0.05, 0) is 23.8 Å². The van der Waals surface area contributed by atoms with Gasteiger partial charge in [-0.1, -0.05) is 13.8 Å². The summed E-state index contributed by atoms with van der Waals surface area (Å²) in [5, 5.41) is 0. The maximum atomic E-state index is 12.0. The van der Waals surface area contributed by atoms with E-state index in [9.17, 15) is 4.79 Å². The van der Waals surface area contributed by atoms with Crippen LogP contribution in [0.1, 0.15) is 32.3 Å². The van der Waals surface area contributed by atoms with Crippen molar-refractivity contribution < 1.29 is 4.79 Å². The Morgan fingerprint density at radius 3 is 2.53 bits per heavy atom. The van der Waals surface area contributed by atoms with Crippen LogP contribution in [0.2, 0.25) is 0 Å². The van der Waals surface area contributed by atoms with Crippen LogP contribution >= 0.6 is 0 Å². The lowest BCUT2D eigenvalue weighted by atomic mass is 9.68. The fourth-order valence-electron chi connectivity index (χ4n) is 2.41. The Morgan fingerprint density at radius 1 is 1.41 bits per heavy atom. The molecule has 0 atom stereocenters. The molecule has 1 fully saturated rings. The average Bonchev–Trinajstić information content (AvgIpc) is 2.26. The summed E-state index contributed by atoms with van der Waals surface area (Å²) < 4.78 is 0. The van der Waals surface area contributed by atoms with Crippen LogP contribution in [0.15, 0.2) is 18.7 Å². The largest absolute Gasteiger partial charge is 0.342 e. The Labute approximate surface area is 102 Å². The van der Waals surface area contributed by atoms with Crippen LogP contribution in [0, 0.1) is 5.41 Å². The molecule has 4 nitrogen and oxygen atoms in total. The highest BCUT2D eigenvalue weighted by Gasteiger charge is 2.39. The molecular formula is C13H19N3O. The first-order valence-corrected chi connectivity index (χ1v) is 5.97. The highest BCUT2D eigenvalue weighted by molar-refractivity contribution is 5.78. The van der Waals surface area contributed by atoms with Gasteiger partial charge < -0.3 is 4.90 Å². The average molecular weight is 233 g/mol. The van der Waals surface area contributed by atoms with Gasteiger partial charge in [0.25, 0.3) is 0 Å². The third-order valence-electron chi connectivity index (χ3n) is 3.49. The molecule has 0 aliphatic heterocycles. The highest BCUT2D eigenvalue weighted by Crippen LogP contribution is 2.42. The lowest BCUT2D eigenvalue weighted by Crippen LogP contribution is -2.49. The number of hydrogen-bond acceptors (Lipinski definition) is 3. The highest BCUT2D eigenvalue weighted by atomic mass is 16.2. The summed E-state index contributed by atoms with van der Waals surface area (Å²) in [7, 11) is 1.89. The van der Waals surface area contributed by atoms with E-state index in [4.69, 9.17) is 0 Å². The zero-order chi connectivity index (χ0) is 12.5. The number of rotatable bonds is 3. The van der Waals surface area contributed by atoms with E-state index in [1.165, 1.54) is 6.33 Å². The van der Waals surface area contributed by atoms with Gasteiger partial charge in [-0.3, -0.25) is 4.79 Å². The smallest absolute Gasteiger partial charge is 0.227 e. The van der Waals surface area contributed by atoms with Crippen molar-refractivity contribution in [2.24, 2.45) is 5.41 Å². The van der Waals surface area contributed by atoms with Crippen molar-refractivity contribution in [3.8, 4) is 0 Å². The molecule has 1 amide bonds. The molecular weight excluding hydrogens is 214 g/mol. The number of nitrogens with zero attached hydrogens (tertiary/aromatic N) is 3. The van der Waals surface area contributed by atoms with Gasteiger partial charge in [-0.2, -0.15) is 0 Å². The molecule has 0 bridgehead atoms. The predicted octanol–water partition coefficient (Wildman–Crippen LogP) is 1.67. The third kappa shape index (κ3) is 2.81. The van der Waals surface area contributed by atoms with E-state index in [0.717, 1.165) is 18.4 Å². The molecule has 0 radical (unpaired) electrons. The lowest BCUT2D eigenvalue weighted by molar-refractivity contribution is -0.135. The summed E-state index contributed by atoms with van der Waals surface area (Å²) in [6.07, 6.45) is 7.47. The molecule has 2 rings (SSSR count). The second-order valence-electron chi connectivity index (χ2n) is 5.65. The lowest BCUT2D eigenvalue weighted by Gasteiger charge is -2.47. The number of amides is 1. The van der Waals surface area contributed by atoms with Crippen LogP contribution in [0.5, 0.6) is 0 Å². The predicted molar refractivity (Wildman–Crippen MR) is 65.3 cm³/mol.